The molecule has 0 bridgehead atoms. The zero-order chi connectivity index (χ0) is 16.7. The number of benzene rings is 2. The van der Waals surface area contributed by atoms with E-state index in [0.717, 1.165) is 36.8 Å². The summed E-state index contributed by atoms with van der Waals surface area (Å²) in [5.41, 5.74) is 4.48. The summed E-state index contributed by atoms with van der Waals surface area (Å²) in [6.07, 6.45) is 2.25. The van der Waals surface area contributed by atoms with E-state index in [9.17, 15) is 0 Å². The minimum Gasteiger partial charge on any atom is -0.495 e. The van der Waals surface area contributed by atoms with Gasteiger partial charge in [-0.15, -0.1) is 0 Å². The van der Waals surface area contributed by atoms with E-state index < -0.39 is 0 Å². The maximum Gasteiger partial charge on any atom is 0.137 e. The summed E-state index contributed by atoms with van der Waals surface area (Å²) in [5, 5.41) is 0.818. The van der Waals surface area contributed by atoms with Gasteiger partial charge in [-0.05, 0) is 41.0 Å². The normalized spacial score (nSPS) is 26.0. The Bertz CT molecular complexity index is 745. The molecular weight excluding hydrogens is 318 g/mol. The summed E-state index contributed by atoms with van der Waals surface area (Å²) in [6, 6.07) is 15.1. The van der Waals surface area contributed by atoms with Crippen LogP contribution < -0.4 is 4.74 Å². The Morgan fingerprint density at radius 1 is 1.21 bits per heavy atom. The van der Waals surface area contributed by atoms with Crippen LogP contribution in [0.5, 0.6) is 5.75 Å². The van der Waals surface area contributed by atoms with Crippen LogP contribution in [0.1, 0.15) is 36.0 Å². The van der Waals surface area contributed by atoms with Crippen molar-refractivity contribution in [3.63, 3.8) is 0 Å². The maximum atomic E-state index is 6.59. The topological polar surface area (TPSA) is 12.5 Å². The highest BCUT2D eigenvalue weighted by Crippen LogP contribution is 2.52. The van der Waals surface area contributed by atoms with Crippen molar-refractivity contribution in [1.29, 1.82) is 0 Å². The molecular formula is C21H24ClNO. The second kappa shape index (κ2) is 6.09. The molecule has 0 saturated carbocycles. The zero-order valence-electron chi connectivity index (χ0n) is 14.4. The molecule has 1 heterocycles. The molecule has 2 atom stereocenters. The number of methoxy groups -OCH3 is 1. The van der Waals surface area contributed by atoms with E-state index >= 15 is 0 Å². The Labute approximate surface area is 149 Å². The van der Waals surface area contributed by atoms with Crippen LogP contribution in [0.3, 0.4) is 0 Å². The second-order valence-electron chi connectivity index (χ2n) is 7.51. The van der Waals surface area contributed by atoms with Crippen LogP contribution in [0.4, 0.5) is 0 Å². The monoisotopic (exact) mass is 341 g/mol. The number of hydrogen-bond acceptors (Lipinski definition) is 2. The Hall–Kier alpha value is -1.51. The number of fused-ring (bicyclic) bond motifs is 3. The van der Waals surface area contributed by atoms with E-state index in [1.807, 2.05) is 6.07 Å². The van der Waals surface area contributed by atoms with Gasteiger partial charge in [-0.3, -0.25) is 4.90 Å². The van der Waals surface area contributed by atoms with E-state index in [1.54, 1.807) is 7.11 Å². The molecule has 0 spiro atoms. The minimum absolute atomic E-state index is 0.347. The van der Waals surface area contributed by atoms with E-state index in [4.69, 9.17) is 16.3 Å². The third-order valence-corrected chi connectivity index (χ3v) is 6.32. The molecule has 126 valence electrons. The summed E-state index contributed by atoms with van der Waals surface area (Å²) in [7, 11) is 1.69. The molecule has 0 radical (unpaired) electrons. The van der Waals surface area contributed by atoms with Crippen molar-refractivity contribution in [2.24, 2.45) is 5.41 Å². The summed E-state index contributed by atoms with van der Waals surface area (Å²) in [6.45, 7) is 5.76. The fourth-order valence-corrected chi connectivity index (χ4v) is 4.96. The molecule has 2 aromatic rings. The standard InChI is InChI=1S/C21H24ClNO/c1-21-11-10-17-16(8-9-19(24-2)20(17)22)18(21)13-23(14-21)12-15-6-4-3-5-7-15/h3-9,18H,10-14H2,1-2H3/t18-,21+/m0/s1. The van der Waals surface area contributed by atoms with Crippen LogP contribution in [-0.4, -0.2) is 25.1 Å². The van der Waals surface area contributed by atoms with Gasteiger partial charge in [0.05, 0.1) is 12.1 Å². The van der Waals surface area contributed by atoms with Gasteiger partial charge < -0.3 is 4.74 Å². The van der Waals surface area contributed by atoms with E-state index in [2.05, 4.69) is 48.2 Å². The van der Waals surface area contributed by atoms with Crippen LogP contribution in [0, 0.1) is 5.41 Å². The third-order valence-electron chi connectivity index (χ3n) is 5.90. The van der Waals surface area contributed by atoms with Crippen LogP contribution in [0.25, 0.3) is 0 Å². The van der Waals surface area contributed by atoms with Crippen molar-refractivity contribution >= 4 is 11.6 Å². The predicted octanol–water partition coefficient (Wildman–Crippen LogP) is 4.90. The Balaban J connectivity index is 1.62. The predicted molar refractivity (Wildman–Crippen MR) is 98.9 cm³/mol. The number of halogens is 1. The lowest BCUT2D eigenvalue weighted by Gasteiger charge is -2.37. The van der Waals surface area contributed by atoms with Gasteiger partial charge in [0.25, 0.3) is 0 Å². The number of rotatable bonds is 3. The summed E-state index contributed by atoms with van der Waals surface area (Å²) in [5.74, 6) is 1.37. The average Bonchev–Trinajstić information content (AvgIpc) is 2.92. The second-order valence-corrected chi connectivity index (χ2v) is 7.89. The van der Waals surface area contributed by atoms with Crippen molar-refractivity contribution < 1.29 is 4.74 Å². The molecule has 2 aromatic carbocycles. The van der Waals surface area contributed by atoms with Crippen molar-refractivity contribution in [1.82, 2.24) is 4.90 Å². The van der Waals surface area contributed by atoms with Gasteiger partial charge in [0.15, 0.2) is 0 Å². The van der Waals surface area contributed by atoms with Gasteiger partial charge in [0.1, 0.15) is 5.75 Å². The zero-order valence-corrected chi connectivity index (χ0v) is 15.1. The van der Waals surface area contributed by atoms with Crippen LogP contribution in [0.15, 0.2) is 42.5 Å². The van der Waals surface area contributed by atoms with Gasteiger partial charge in [-0.1, -0.05) is 54.9 Å². The third kappa shape index (κ3) is 2.62. The van der Waals surface area contributed by atoms with Crippen molar-refractivity contribution in [3.8, 4) is 5.75 Å². The highest BCUT2D eigenvalue weighted by Gasteiger charge is 2.46. The first-order valence-corrected chi connectivity index (χ1v) is 9.10. The lowest BCUT2D eigenvalue weighted by molar-refractivity contribution is 0.240. The number of ether oxygens (including phenoxy) is 1. The molecule has 0 unspecified atom stereocenters. The van der Waals surface area contributed by atoms with Crippen molar-refractivity contribution in [2.45, 2.75) is 32.2 Å². The SMILES string of the molecule is COc1ccc2c(c1Cl)CC[C@]1(C)CN(Cc3ccccc3)C[C@@H]21. The Morgan fingerprint density at radius 2 is 2.00 bits per heavy atom. The fraction of sp³-hybridized carbons (Fsp3) is 0.429. The highest BCUT2D eigenvalue weighted by molar-refractivity contribution is 6.33. The summed E-state index contributed by atoms with van der Waals surface area (Å²) in [4.78, 5) is 2.60. The van der Waals surface area contributed by atoms with Crippen LogP contribution >= 0.6 is 11.6 Å². The molecule has 1 saturated heterocycles. The Kier molecular flexibility index (Phi) is 4.06. The van der Waals surface area contributed by atoms with Gasteiger partial charge in [-0.2, -0.15) is 0 Å². The van der Waals surface area contributed by atoms with Gasteiger partial charge in [0, 0.05) is 25.6 Å². The average molecular weight is 342 g/mol. The summed E-state index contributed by atoms with van der Waals surface area (Å²) < 4.78 is 5.41. The Morgan fingerprint density at radius 3 is 2.75 bits per heavy atom. The first-order chi connectivity index (χ1) is 11.6. The molecule has 0 amide bonds. The molecule has 1 fully saturated rings. The molecule has 1 aliphatic carbocycles. The minimum atomic E-state index is 0.347. The van der Waals surface area contributed by atoms with Gasteiger partial charge in [0.2, 0.25) is 0 Å². The maximum absolute atomic E-state index is 6.59. The first kappa shape index (κ1) is 16.0. The number of nitrogens with zero attached hydrogens (tertiary/aromatic N) is 1. The molecule has 0 N–H and O–H groups in total. The first-order valence-electron chi connectivity index (χ1n) is 8.72. The largest absolute Gasteiger partial charge is 0.495 e. The lowest BCUT2D eigenvalue weighted by atomic mass is 9.67. The van der Waals surface area contributed by atoms with Crippen LogP contribution in [0.2, 0.25) is 5.02 Å². The highest BCUT2D eigenvalue weighted by atomic mass is 35.5. The van der Waals surface area contributed by atoms with Gasteiger partial charge in [-0.25, -0.2) is 0 Å². The van der Waals surface area contributed by atoms with Crippen molar-refractivity contribution in [2.75, 3.05) is 20.2 Å². The van der Waals surface area contributed by atoms with E-state index in [1.165, 1.54) is 23.1 Å². The van der Waals surface area contributed by atoms with Crippen molar-refractivity contribution in [3.05, 3.63) is 64.2 Å². The number of hydrogen-bond donors (Lipinski definition) is 0. The fourth-order valence-electron chi connectivity index (χ4n) is 4.62. The smallest absolute Gasteiger partial charge is 0.137 e. The van der Waals surface area contributed by atoms with E-state index in [-0.39, 0.29) is 0 Å². The van der Waals surface area contributed by atoms with Crippen LogP contribution in [-0.2, 0) is 13.0 Å². The quantitative estimate of drug-likeness (QED) is 0.787. The summed E-state index contributed by atoms with van der Waals surface area (Å²) >= 11 is 6.59. The molecule has 4 rings (SSSR count). The molecule has 2 nitrogen and oxygen atoms in total. The molecule has 2 aliphatic rings. The number of likely N-dealkylation sites (tertiary alicyclic amines) is 1. The molecule has 1 aliphatic heterocycles. The molecule has 0 aromatic heterocycles. The lowest BCUT2D eigenvalue weighted by Crippen LogP contribution is -2.30. The van der Waals surface area contributed by atoms with Gasteiger partial charge >= 0.3 is 0 Å². The molecule has 24 heavy (non-hydrogen) atoms. The molecule has 3 heteroatoms. The van der Waals surface area contributed by atoms with E-state index in [0.29, 0.717) is 11.3 Å².